The van der Waals surface area contributed by atoms with Gasteiger partial charge in [-0.25, -0.2) is 4.79 Å². The minimum Gasteiger partial charge on any atom is -0.459 e. The van der Waals surface area contributed by atoms with Gasteiger partial charge in [0.2, 0.25) is 0 Å². The Hall–Kier alpha value is -1.65. The van der Waals surface area contributed by atoms with Crippen molar-refractivity contribution < 1.29 is 9.53 Å². The molecule has 0 saturated carbocycles. The normalized spacial score (nSPS) is 11.9. The second-order valence-electron chi connectivity index (χ2n) is 4.13. The van der Waals surface area contributed by atoms with Crippen LogP contribution in [0.1, 0.15) is 17.2 Å². The number of rotatable bonds is 4. The van der Waals surface area contributed by atoms with Crippen molar-refractivity contribution in [2.75, 3.05) is 0 Å². The molecule has 0 radical (unpaired) electrons. The topological polar surface area (TPSA) is 52.3 Å². The monoisotopic (exact) mass is 319 g/mol. The lowest BCUT2D eigenvalue weighted by Gasteiger charge is -2.11. The molecule has 0 bridgehead atoms. The number of esters is 1. The first kappa shape index (κ1) is 13.8. The first-order valence-corrected chi connectivity index (χ1v) is 6.68. The molecule has 0 aliphatic carbocycles. The summed E-state index contributed by atoms with van der Waals surface area (Å²) in [7, 11) is 0. The standard InChI is InChI=1S/C15H14BrNO2/c16-13-8-4-5-11(9-13)10-19-15(18)14(17)12-6-2-1-3-7-12/h1-9,14H,10,17H2. The van der Waals surface area contributed by atoms with E-state index in [1.807, 2.05) is 54.6 Å². The van der Waals surface area contributed by atoms with Crippen molar-refractivity contribution in [2.24, 2.45) is 5.73 Å². The summed E-state index contributed by atoms with van der Waals surface area (Å²) < 4.78 is 6.17. The van der Waals surface area contributed by atoms with Crippen molar-refractivity contribution in [3.63, 3.8) is 0 Å². The van der Waals surface area contributed by atoms with Crippen LogP contribution in [0.15, 0.2) is 59.1 Å². The third-order valence-corrected chi connectivity index (χ3v) is 3.18. The average Bonchev–Trinajstić information content (AvgIpc) is 2.45. The molecule has 4 heteroatoms. The number of nitrogens with two attached hydrogens (primary N) is 1. The van der Waals surface area contributed by atoms with E-state index in [1.165, 1.54) is 0 Å². The van der Waals surface area contributed by atoms with Gasteiger partial charge in [0.15, 0.2) is 0 Å². The molecule has 0 amide bonds. The lowest BCUT2D eigenvalue weighted by molar-refractivity contribution is -0.146. The molecule has 0 fully saturated rings. The minimum atomic E-state index is -0.742. The summed E-state index contributed by atoms with van der Waals surface area (Å²) in [4.78, 5) is 11.8. The van der Waals surface area contributed by atoms with Crippen LogP contribution in [-0.4, -0.2) is 5.97 Å². The molecule has 2 aromatic rings. The van der Waals surface area contributed by atoms with Crippen LogP contribution in [0.4, 0.5) is 0 Å². The predicted molar refractivity (Wildman–Crippen MR) is 77.3 cm³/mol. The number of ether oxygens (including phenoxy) is 1. The van der Waals surface area contributed by atoms with Gasteiger partial charge < -0.3 is 10.5 Å². The molecule has 0 spiro atoms. The zero-order valence-corrected chi connectivity index (χ0v) is 11.8. The van der Waals surface area contributed by atoms with Crippen molar-refractivity contribution in [3.8, 4) is 0 Å². The van der Waals surface area contributed by atoms with E-state index in [0.717, 1.165) is 15.6 Å². The Morgan fingerprint density at radius 2 is 1.89 bits per heavy atom. The van der Waals surface area contributed by atoms with Crippen molar-refractivity contribution in [1.82, 2.24) is 0 Å². The number of carbonyl (C=O) groups excluding carboxylic acids is 1. The predicted octanol–water partition coefficient (Wildman–Crippen LogP) is 3.19. The first-order valence-electron chi connectivity index (χ1n) is 5.88. The number of hydrogen-bond donors (Lipinski definition) is 1. The maximum atomic E-state index is 11.8. The molecule has 0 aromatic heterocycles. The van der Waals surface area contributed by atoms with Crippen LogP contribution in [-0.2, 0) is 16.1 Å². The van der Waals surface area contributed by atoms with E-state index in [2.05, 4.69) is 15.9 Å². The Labute approximate surface area is 120 Å². The number of hydrogen-bond acceptors (Lipinski definition) is 3. The highest BCUT2D eigenvalue weighted by Crippen LogP contribution is 2.15. The lowest BCUT2D eigenvalue weighted by atomic mass is 10.1. The maximum Gasteiger partial charge on any atom is 0.327 e. The molecule has 2 rings (SSSR count). The van der Waals surface area contributed by atoms with E-state index >= 15 is 0 Å². The van der Waals surface area contributed by atoms with E-state index < -0.39 is 12.0 Å². The van der Waals surface area contributed by atoms with E-state index in [0.29, 0.717) is 0 Å². The van der Waals surface area contributed by atoms with Crippen molar-refractivity contribution >= 4 is 21.9 Å². The van der Waals surface area contributed by atoms with Crippen LogP contribution < -0.4 is 5.73 Å². The third kappa shape index (κ3) is 3.91. The van der Waals surface area contributed by atoms with Gasteiger partial charge in [-0.05, 0) is 23.3 Å². The van der Waals surface area contributed by atoms with Gasteiger partial charge in [-0.1, -0.05) is 58.4 Å². The Kier molecular flexibility index (Phi) is 4.71. The molecule has 0 saturated heterocycles. The Bertz CT molecular complexity index is 557. The molecule has 2 aromatic carbocycles. The molecule has 0 aliphatic rings. The summed E-state index contributed by atoms with van der Waals surface area (Å²) in [6.45, 7) is 0.221. The van der Waals surface area contributed by atoms with Gasteiger partial charge in [0.05, 0.1) is 0 Å². The Morgan fingerprint density at radius 1 is 1.16 bits per heavy atom. The van der Waals surface area contributed by atoms with E-state index in [9.17, 15) is 4.79 Å². The number of carbonyl (C=O) groups is 1. The third-order valence-electron chi connectivity index (χ3n) is 2.68. The minimum absolute atomic E-state index is 0.221. The maximum absolute atomic E-state index is 11.8. The fraction of sp³-hybridized carbons (Fsp3) is 0.133. The summed E-state index contributed by atoms with van der Waals surface area (Å²) in [6, 6.07) is 16.1. The van der Waals surface area contributed by atoms with Gasteiger partial charge in [-0.15, -0.1) is 0 Å². The summed E-state index contributed by atoms with van der Waals surface area (Å²) in [5.74, 6) is -0.425. The quantitative estimate of drug-likeness (QED) is 0.880. The van der Waals surface area contributed by atoms with Crippen molar-refractivity contribution in [1.29, 1.82) is 0 Å². The van der Waals surface area contributed by atoms with Gasteiger partial charge in [0.25, 0.3) is 0 Å². The van der Waals surface area contributed by atoms with Crippen LogP contribution in [0.25, 0.3) is 0 Å². The number of benzene rings is 2. The van der Waals surface area contributed by atoms with E-state index in [1.54, 1.807) is 0 Å². The van der Waals surface area contributed by atoms with Crippen LogP contribution in [0.5, 0.6) is 0 Å². The van der Waals surface area contributed by atoms with Gasteiger partial charge in [-0.2, -0.15) is 0 Å². The second kappa shape index (κ2) is 6.50. The SMILES string of the molecule is NC(C(=O)OCc1cccc(Br)c1)c1ccccc1. The van der Waals surface area contributed by atoms with Gasteiger partial charge in [0, 0.05) is 4.47 Å². The van der Waals surface area contributed by atoms with Crippen molar-refractivity contribution in [2.45, 2.75) is 12.6 Å². The molecule has 3 nitrogen and oxygen atoms in total. The zero-order valence-electron chi connectivity index (χ0n) is 10.3. The highest BCUT2D eigenvalue weighted by molar-refractivity contribution is 9.10. The summed E-state index contributed by atoms with van der Waals surface area (Å²) in [5.41, 5.74) is 7.52. The molecular formula is C15H14BrNO2. The second-order valence-corrected chi connectivity index (χ2v) is 5.04. The summed E-state index contributed by atoms with van der Waals surface area (Å²) in [5, 5.41) is 0. The summed E-state index contributed by atoms with van der Waals surface area (Å²) >= 11 is 3.37. The average molecular weight is 320 g/mol. The summed E-state index contributed by atoms with van der Waals surface area (Å²) in [6.07, 6.45) is 0. The molecule has 0 heterocycles. The van der Waals surface area contributed by atoms with Gasteiger partial charge in [-0.3, -0.25) is 0 Å². The van der Waals surface area contributed by atoms with Gasteiger partial charge >= 0.3 is 5.97 Å². The molecule has 0 aliphatic heterocycles. The largest absolute Gasteiger partial charge is 0.459 e. The highest BCUT2D eigenvalue weighted by Gasteiger charge is 2.16. The molecule has 98 valence electrons. The van der Waals surface area contributed by atoms with Gasteiger partial charge in [0.1, 0.15) is 12.6 Å². The molecular weight excluding hydrogens is 306 g/mol. The molecule has 19 heavy (non-hydrogen) atoms. The van der Waals surface area contributed by atoms with Crippen LogP contribution in [0.3, 0.4) is 0 Å². The number of halogens is 1. The zero-order chi connectivity index (χ0) is 13.7. The van der Waals surface area contributed by atoms with Crippen LogP contribution >= 0.6 is 15.9 Å². The van der Waals surface area contributed by atoms with Crippen molar-refractivity contribution in [3.05, 3.63) is 70.2 Å². The lowest BCUT2D eigenvalue weighted by Crippen LogP contribution is -2.23. The van der Waals surface area contributed by atoms with E-state index in [-0.39, 0.29) is 6.61 Å². The van der Waals surface area contributed by atoms with E-state index in [4.69, 9.17) is 10.5 Å². The first-order chi connectivity index (χ1) is 9.16. The molecule has 1 unspecified atom stereocenters. The van der Waals surface area contributed by atoms with Crippen LogP contribution in [0, 0.1) is 0 Å². The fourth-order valence-electron chi connectivity index (χ4n) is 1.67. The highest BCUT2D eigenvalue weighted by atomic mass is 79.9. The smallest absolute Gasteiger partial charge is 0.327 e. The Balaban J connectivity index is 1.95. The van der Waals surface area contributed by atoms with Crippen LogP contribution in [0.2, 0.25) is 0 Å². The fourth-order valence-corrected chi connectivity index (χ4v) is 2.11. The molecule has 1 atom stereocenters. The Morgan fingerprint density at radius 3 is 2.58 bits per heavy atom. The molecule has 2 N–H and O–H groups in total.